The van der Waals surface area contributed by atoms with E-state index in [0.29, 0.717) is 10.7 Å². The minimum atomic E-state index is 0.416. The van der Waals surface area contributed by atoms with E-state index < -0.39 is 0 Å². The van der Waals surface area contributed by atoms with E-state index >= 15 is 0 Å². The fourth-order valence-electron chi connectivity index (χ4n) is 2.58. The summed E-state index contributed by atoms with van der Waals surface area (Å²) in [5.74, 6) is 3.04. The van der Waals surface area contributed by atoms with E-state index in [1.165, 1.54) is 24.3 Å². The maximum atomic E-state index is 5.73. The predicted octanol–water partition coefficient (Wildman–Crippen LogP) is 3.74. The van der Waals surface area contributed by atoms with Crippen LogP contribution in [0, 0.1) is 5.92 Å². The monoisotopic (exact) mass is 310 g/mol. The fraction of sp³-hybridized carbons (Fsp3) is 0.765. The Bertz CT molecular complexity index is 428. The summed E-state index contributed by atoms with van der Waals surface area (Å²) in [5, 5.41) is 3.51. The molecule has 0 aliphatic carbocycles. The molecule has 1 aromatic heterocycles. The van der Waals surface area contributed by atoms with Crippen molar-refractivity contribution in [1.29, 1.82) is 0 Å². The van der Waals surface area contributed by atoms with Crippen LogP contribution < -0.4 is 5.32 Å². The molecule has 0 unspecified atom stereocenters. The average molecular weight is 311 g/mol. The smallest absolute Gasteiger partial charge is 0.122 e. The fourth-order valence-corrected chi connectivity index (χ4v) is 3.72. The van der Waals surface area contributed by atoms with Crippen molar-refractivity contribution < 1.29 is 4.42 Å². The molecule has 1 aromatic rings. The van der Waals surface area contributed by atoms with Gasteiger partial charge in [-0.25, -0.2) is 0 Å². The van der Waals surface area contributed by atoms with Crippen molar-refractivity contribution in [3.63, 3.8) is 0 Å². The van der Waals surface area contributed by atoms with E-state index in [9.17, 15) is 0 Å². The van der Waals surface area contributed by atoms with Gasteiger partial charge in [-0.05, 0) is 31.5 Å². The molecule has 21 heavy (non-hydrogen) atoms. The average Bonchev–Trinajstić information content (AvgIpc) is 2.75. The molecule has 0 aromatic carbocycles. The summed E-state index contributed by atoms with van der Waals surface area (Å²) in [6.45, 7) is 14.4. The van der Waals surface area contributed by atoms with Crippen LogP contribution in [-0.4, -0.2) is 35.0 Å². The lowest BCUT2D eigenvalue weighted by molar-refractivity contribution is 0.252. The van der Waals surface area contributed by atoms with Crippen molar-refractivity contribution in [1.82, 2.24) is 10.2 Å². The van der Waals surface area contributed by atoms with Gasteiger partial charge in [-0.2, -0.15) is 11.8 Å². The van der Waals surface area contributed by atoms with Gasteiger partial charge in [0.1, 0.15) is 5.76 Å². The summed E-state index contributed by atoms with van der Waals surface area (Å²) >= 11 is 2.09. The highest BCUT2D eigenvalue weighted by atomic mass is 32.2. The number of hydrogen-bond donors (Lipinski definition) is 1. The molecular weight excluding hydrogens is 280 g/mol. The van der Waals surface area contributed by atoms with Crippen LogP contribution in [0.5, 0.6) is 0 Å². The van der Waals surface area contributed by atoms with E-state index in [0.717, 1.165) is 31.9 Å². The highest BCUT2D eigenvalue weighted by Gasteiger charge is 2.24. The Labute approximate surface area is 133 Å². The summed E-state index contributed by atoms with van der Waals surface area (Å²) in [5.41, 5.74) is 1.31. The van der Waals surface area contributed by atoms with Gasteiger partial charge in [-0.1, -0.05) is 27.7 Å². The third-order valence-electron chi connectivity index (χ3n) is 4.00. The van der Waals surface area contributed by atoms with E-state index in [1.807, 2.05) is 6.26 Å². The largest absolute Gasteiger partial charge is 0.468 e. The lowest BCUT2D eigenvalue weighted by atomic mass is 10.1. The van der Waals surface area contributed by atoms with Crippen LogP contribution in [0.1, 0.15) is 45.4 Å². The van der Waals surface area contributed by atoms with E-state index in [4.69, 9.17) is 4.42 Å². The Balaban J connectivity index is 1.86. The van der Waals surface area contributed by atoms with Crippen LogP contribution in [0.2, 0.25) is 0 Å². The molecule has 1 N–H and O–H groups in total. The third kappa shape index (κ3) is 5.68. The van der Waals surface area contributed by atoms with E-state index in [2.05, 4.69) is 55.7 Å². The lowest BCUT2D eigenvalue weighted by Gasteiger charge is -2.22. The van der Waals surface area contributed by atoms with Crippen molar-refractivity contribution >= 4 is 11.8 Å². The van der Waals surface area contributed by atoms with Gasteiger partial charge in [0.15, 0.2) is 0 Å². The molecule has 4 heteroatoms. The second-order valence-corrected chi connectivity index (χ2v) is 8.83. The second kappa shape index (κ2) is 7.70. The molecule has 1 fully saturated rings. The SMILES string of the molecule is CC(C)CNCc1ccoc1CN1CCSC(C)(C)CC1. The first-order chi connectivity index (χ1) is 9.96. The molecule has 0 amide bonds. The predicted molar refractivity (Wildman–Crippen MR) is 91.7 cm³/mol. The van der Waals surface area contributed by atoms with Gasteiger partial charge in [0, 0.05) is 29.2 Å². The molecule has 3 nitrogen and oxygen atoms in total. The van der Waals surface area contributed by atoms with Crippen LogP contribution in [0.3, 0.4) is 0 Å². The zero-order valence-electron chi connectivity index (χ0n) is 13.9. The molecule has 0 atom stereocenters. The molecule has 0 spiro atoms. The minimum absolute atomic E-state index is 0.416. The quantitative estimate of drug-likeness (QED) is 0.866. The molecule has 0 radical (unpaired) electrons. The first-order valence-electron chi connectivity index (χ1n) is 8.08. The summed E-state index contributed by atoms with van der Waals surface area (Å²) in [7, 11) is 0. The minimum Gasteiger partial charge on any atom is -0.468 e. The zero-order chi connectivity index (χ0) is 15.3. The normalized spacial score (nSPS) is 19.9. The number of nitrogens with one attached hydrogen (secondary N) is 1. The number of hydrogen-bond acceptors (Lipinski definition) is 4. The molecule has 1 aliphatic heterocycles. The number of furan rings is 1. The Morgan fingerprint density at radius 2 is 2.19 bits per heavy atom. The highest BCUT2D eigenvalue weighted by Crippen LogP contribution is 2.31. The van der Waals surface area contributed by atoms with Gasteiger partial charge < -0.3 is 9.73 Å². The topological polar surface area (TPSA) is 28.4 Å². The first-order valence-corrected chi connectivity index (χ1v) is 9.07. The van der Waals surface area contributed by atoms with Gasteiger partial charge in [-0.15, -0.1) is 0 Å². The second-order valence-electron chi connectivity index (χ2n) is 7.03. The van der Waals surface area contributed by atoms with Gasteiger partial charge >= 0.3 is 0 Å². The first kappa shape index (κ1) is 16.9. The molecular formula is C17H30N2OS. The molecule has 0 bridgehead atoms. The van der Waals surface area contributed by atoms with Crippen molar-refractivity contribution in [3.05, 3.63) is 23.7 Å². The Morgan fingerprint density at radius 3 is 2.95 bits per heavy atom. The maximum Gasteiger partial charge on any atom is 0.122 e. The molecule has 1 saturated heterocycles. The highest BCUT2D eigenvalue weighted by molar-refractivity contribution is 8.00. The van der Waals surface area contributed by atoms with Gasteiger partial charge in [-0.3, -0.25) is 4.90 Å². The Morgan fingerprint density at radius 1 is 1.38 bits per heavy atom. The molecule has 0 saturated carbocycles. The standard InChI is InChI=1S/C17H30N2OS/c1-14(2)11-18-12-15-5-9-20-16(15)13-19-7-6-17(3,4)21-10-8-19/h5,9,14,18H,6-8,10-13H2,1-4H3. The van der Waals surface area contributed by atoms with Crippen molar-refractivity contribution in [2.24, 2.45) is 5.92 Å². The zero-order valence-corrected chi connectivity index (χ0v) is 14.8. The number of thioether (sulfide) groups is 1. The Kier molecular flexibility index (Phi) is 6.20. The summed E-state index contributed by atoms with van der Waals surface area (Å²) in [6, 6.07) is 2.11. The molecule has 1 aliphatic rings. The van der Waals surface area contributed by atoms with Crippen molar-refractivity contribution in [2.45, 2.75) is 52.0 Å². The van der Waals surface area contributed by atoms with E-state index in [-0.39, 0.29) is 0 Å². The van der Waals surface area contributed by atoms with Crippen LogP contribution in [-0.2, 0) is 13.1 Å². The molecule has 2 rings (SSSR count). The molecule has 2 heterocycles. The maximum absolute atomic E-state index is 5.73. The molecule has 120 valence electrons. The van der Waals surface area contributed by atoms with Gasteiger partial charge in [0.05, 0.1) is 12.8 Å². The van der Waals surface area contributed by atoms with Crippen LogP contribution in [0.15, 0.2) is 16.7 Å². The van der Waals surface area contributed by atoms with Crippen LogP contribution >= 0.6 is 11.8 Å². The summed E-state index contributed by atoms with van der Waals surface area (Å²) in [4.78, 5) is 2.53. The summed E-state index contributed by atoms with van der Waals surface area (Å²) < 4.78 is 6.15. The summed E-state index contributed by atoms with van der Waals surface area (Å²) in [6.07, 6.45) is 3.08. The van der Waals surface area contributed by atoms with Crippen molar-refractivity contribution in [2.75, 3.05) is 25.4 Å². The van der Waals surface area contributed by atoms with Gasteiger partial charge in [0.25, 0.3) is 0 Å². The number of rotatable bonds is 6. The lowest BCUT2D eigenvalue weighted by Crippen LogP contribution is -2.27. The third-order valence-corrected chi connectivity index (χ3v) is 5.38. The van der Waals surface area contributed by atoms with Crippen molar-refractivity contribution in [3.8, 4) is 0 Å². The number of nitrogens with zero attached hydrogens (tertiary/aromatic N) is 1. The van der Waals surface area contributed by atoms with Gasteiger partial charge in [0.2, 0.25) is 0 Å². The van der Waals surface area contributed by atoms with Crippen LogP contribution in [0.4, 0.5) is 0 Å². The Hall–Kier alpha value is -0.450. The van der Waals surface area contributed by atoms with Crippen LogP contribution in [0.25, 0.3) is 0 Å². The van der Waals surface area contributed by atoms with E-state index in [1.54, 1.807) is 0 Å².